The number of anilines is 2. The SMILES string of the molecule is CN1CCN(CCCCN2c3ccccc3Sc3cc(N=[N+]=[N-])ccc32)CC1.O=C(O)/C=C\C(=O)O. The van der Waals surface area contributed by atoms with Gasteiger partial charge >= 0.3 is 11.9 Å². The van der Waals surface area contributed by atoms with Crippen LogP contribution in [0, 0.1) is 0 Å². The lowest BCUT2D eigenvalue weighted by Crippen LogP contribution is -2.44. The van der Waals surface area contributed by atoms with Crippen LogP contribution in [0.25, 0.3) is 10.4 Å². The Morgan fingerprint density at radius 2 is 1.61 bits per heavy atom. The molecule has 2 heterocycles. The zero-order valence-corrected chi connectivity index (χ0v) is 21.0. The number of fused-ring (bicyclic) bond motifs is 2. The summed E-state index contributed by atoms with van der Waals surface area (Å²) in [6, 6.07) is 14.5. The Labute approximate surface area is 214 Å². The van der Waals surface area contributed by atoms with Crippen LogP contribution in [0.3, 0.4) is 0 Å². The van der Waals surface area contributed by atoms with Crippen LogP contribution in [0.15, 0.2) is 69.5 Å². The lowest BCUT2D eigenvalue weighted by atomic mass is 10.1. The first-order chi connectivity index (χ1) is 17.4. The molecular weight excluding hydrogens is 480 g/mol. The largest absolute Gasteiger partial charge is 0.478 e. The summed E-state index contributed by atoms with van der Waals surface area (Å²) in [6.07, 6.45) is 3.48. The third-order valence-corrected chi connectivity index (χ3v) is 6.95. The first-order valence-corrected chi connectivity index (χ1v) is 12.5. The predicted molar refractivity (Wildman–Crippen MR) is 140 cm³/mol. The number of rotatable bonds is 8. The van der Waals surface area contributed by atoms with Gasteiger partial charge in [-0.3, -0.25) is 0 Å². The standard InChI is InChI=1S/C21H26N6S.C4H4O4/c1-25-12-14-26(15-13-25)10-4-5-11-27-18-6-2-3-7-20(18)28-21-16-17(23-24-22)8-9-19(21)27;5-3(6)1-2-4(7)8/h2-3,6-9,16H,4-5,10-15H2,1H3;1-2H,(H,5,6)(H,7,8)/b;2-1-. The van der Waals surface area contributed by atoms with Crippen LogP contribution in [0.1, 0.15) is 12.8 Å². The lowest BCUT2D eigenvalue weighted by molar-refractivity contribution is -0.134. The number of likely N-dealkylation sites (N-methyl/N-ethyl adjacent to an activating group) is 1. The molecule has 2 N–H and O–H groups in total. The van der Waals surface area contributed by atoms with E-state index in [1.807, 2.05) is 12.1 Å². The number of nitrogens with zero attached hydrogens (tertiary/aromatic N) is 6. The molecule has 2 aromatic carbocycles. The van der Waals surface area contributed by atoms with E-state index in [1.54, 1.807) is 11.8 Å². The Hall–Kier alpha value is -3.50. The summed E-state index contributed by atoms with van der Waals surface area (Å²) < 4.78 is 0. The van der Waals surface area contributed by atoms with Gasteiger partial charge in [0.1, 0.15) is 0 Å². The van der Waals surface area contributed by atoms with E-state index < -0.39 is 11.9 Å². The van der Waals surface area contributed by atoms with Gasteiger partial charge in [-0.25, -0.2) is 9.59 Å². The minimum Gasteiger partial charge on any atom is -0.478 e. The third kappa shape index (κ3) is 8.03. The third-order valence-electron chi connectivity index (χ3n) is 5.84. The maximum Gasteiger partial charge on any atom is 0.328 e. The van der Waals surface area contributed by atoms with E-state index in [4.69, 9.17) is 15.7 Å². The summed E-state index contributed by atoms with van der Waals surface area (Å²) >= 11 is 1.75. The lowest BCUT2D eigenvalue weighted by Gasteiger charge is -2.34. The van der Waals surface area contributed by atoms with Crippen LogP contribution in [-0.2, 0) is 9.59 Å². The maximum atomic E-state index is 9.55. The molecule has 0 aliphatic carbocycles. The Bertz CT molecular complexity index is 1130. The highest BCUT2D eigenvalue weighted by molar-refractivity contribution is 7.99. The average molecular weight is 511 g/mol. The van der Waals surface area contributed by atoms with Gasteiger partial charge in [-0.05, 0) is 56.2 Å². The minimum absolute atomic E-state index is 0.558. The van der Waals surface area contributed by atoms with Crippen molar-refractivity contribution >= 4 is 40.8 Å². The first-order valence-electron chi connectivity index (χ1n) is 11.7. The second-order valence-corrected chi connectivity index (χ2v) is 9.51. The second kappa shape index (κ2) is 13.6. The van der Waals surface area contributed by atoms with Crippen molar-refractivity contribution < 1.29 is 19.8 Å². The fourth-order valence-electron chi connectivity index (χ4n) is 4.00. The van der Waals surface area contributed by atoms with Gasteiger partial charge in [0.25, 0.3) is 0 Å². The topological polar surface area (TPSA) is 133 Å². The van der Waals surface area contributed by atoms with E-state index in [0.717, 1.165) is 17.9 Å². The van der Waals surface area contributed by atoms with Crippen LogP contribution in [0.2, 0.25) is 0 Å². The second-order valence-electron chi connectivity index (χ2n) is 8.42. The van der Waals surface area contributed by atoms with Gasteiger partial charge in [-0.2, -0.15) is 0 Å². The first kappa shape index (κ1) is 27.1. The highest BCUT2D eigenvalue weighted by Gasteiger charge is 2.23. The van der Waals surface area contributed by atoms with E-state index in [-0.39, 0.29) is 0 Å². The normalized spacial score (nSPS) is 15.3. The molecule has 2 aliphatic rings. The van der Waals surface area contributed by atoms with Crippen molar-refractivity contribution in [2.75, 3.05) is 51.2 Å². The van der Waals surface area contributed by atoms with Crippen molar-refractivity contribution in [2.45, 2.75) is 22.6 Å². The van der Waals surface area contributed by atoms with Crippen LogP contribution >= 0.6 is 11.8 Å². The van der Waals surface area contributed by atoms with E-state index >= 15 is 0 Å². The van der Waals surface area contributed by atoms with Crippen molar-refractivity contribution in [3.8, 4) is 0 Å². The van der Waals surface area contributed by atoms with Gasteiger partial charge in [0.05, 0.1) is 11.4 Å². The van der Waals surface area contributed by atoms with Crippen LogP contribution in [0.4, 0.5) is 17.1 Å². The number of carboxylic acid groups (broad SMARTS) is 2. The monoisotopic (exact) mass is 510 g/mol. The average Bonchev–Trinajstić information content (AvgIpc) is 2.86. The number of azide groups is 1. The molecule has 0 radical (unpaired) electrons. The van der Waals surface area contributed by atoms with Crippen molar-refractivity contribution in [2.24, 2.45) is 5.11 Å². The Balaban J connectivity index is 0.000000392. The molecule has 0 spiro atoms. The number of piperazine rings is 1. The molecule has 36 heavy (non-hydrogen) atoms. The van der Waals surface area contributed by atoms with Gasteiger partial charge in [-0.1, -0.05) is 35.1 Å². The maximum absolute atomic E-state index is 9.55. The van der Waals surface area contributed by atoms with Gasteiger partial charge in [0.15, 0.2) is 0 Å². The number of carboxylic acids is 2. The molecule has 190 valence electrons. The summed E-state index contributed by atoms with van der Waals surface area (Å²) in [4.78, 5) is 31.8. The number of hydrogen-bond acceptors (Lipinski definition) is 7. The number of unbranched alkanes of at least 4 members (excludes halogenated alkanes) is 1. The van der Waals surface area contributed by atoms with E-state index in [9.17, 15) is 9.59 Å². The molecule has 2 aliphatic heterocycles. The molecule has 2 aromatic rings. The van der Waals surface area contributed by atoms with Gasteiger partial charge in [-0.15, -0.1) is 0 Å². The van der Waals surface area contributed by atoms with Crippen LogP contribution in [-0.4, -0.2) is 78.3 Å². The van der Waals surface area contributed by atoms with E-state index in [0.29, 0.717) is 17.8 Å². The van der Waals surface area contributed by atoms with E-state index in [2.05, 4.69) is 62.1 Å². The predicted octanol–water partition coefficient (Wildman–Crippen LogP) is 4.97. The Kier molecular flexibility index (Phi) is 10.2. The van der Waals surface area contributed by atoms with Crippen molar-refractivity contribution in [3.63, 3.8) is 0 Å². The Morgan fingerprint density at radius 1 is 0.972 bits per heavy atom. The number of para-hydroxylation sites is 1. The summed E-state index contributed by atoms with van der Waals surface area (Å²) in [6.45, 7) is 6.91. The van der Waals surface area contributed by atoms with Gasteiger partial charge < -0.3 is 24.9 Å². The molecular formula is C25H30N6O4S. The zero-order valence-electron chi connectivity index (χ0n) is 20.2. The molecule has 0 amide bonds. The van der Waals surface area contributed by atoms with Crippen molar-refractivity contribution in [1.82, 2.24) is 9.80 Å². The number of benzene rings is 2. The smallest absolute Gasteiger partial charge is 0.328 e. The Morgan fingerprint density at radius 3 is 2.28 bits per heavy atom. The molecule has 0 aromatic heterocycles. The van der Waals surface area contributed by atoms with Gasteiger partial charge in [0, 0.05) is 65.3 Å². The highest BCUT2D eigenvalue weighted by Crippen LogP contribution is 2.49. The summed E-state index contributed by atoms with van der Waals surface area (Å²) in [5.41, 5.74) is 11.9. The fraction of sp³-hybridized carbons (Fsp3) is 0.360. The quantitative estimate of drug-likeness (QED) is 0.167. The molecule has 0 atom stereocenters. The minimum atomic E-state index is -1.26. The van der Waals surface area contributed by atoms with Crippen LogP contribution in [0.5, 0.6) is 0 Å². The summed E-state index contributed by atoms with van der Waals surface area (Å²) in [5, 5.41) is 19.4. The number of carbonyl (C=O) groups is 2. The molecule has 10 nitrogen and oxygen atoms in total. The molecule has 1 fully saturated rings. The van der Waals surface area contributed by atoms with Gasteiger partial charge in [0.2, 0.25) is 0 Å². The fourth-order valence-corrected chi connectivity index (χ4v) is 5.13. The molecule has 1 saturated heterocycles. The number of hydrogen-bond donors (Lipinski definition) is 2. The molecule has 4 rings (SSSR count). The van der Waals surface area contributed by atoms with E-state index in [1.165, 1.54) is 55.4 Å². The molecule has 0 bridgehead atoms. The molecule has 11 heteroatoms. The summed E-state index contributed by atoms with van der Waals surface area (Å²) in [5.74, 6) is -2.51. The van der Waals surface area contributed by atoms with Crippen LogP contribution < -0.4 is 4.90 Å². The van der Waals surface area contributed by atoms with Crippen molar-refractivity contribution in [3.05, 3.63) is 65.1 Å². The molecule has 0 unspecified atom stereocenters. The summed E-state index contributed by atoms with van der Waals surface area (Å²) in [7, 11) is 2.20. The molecule has 0 saturated carbocycles. The van der Waals surface area contributed by atoms with Crippen molar-refractivity contribution in [1.29, 1.82) is 0 Å². The number of aliphatic carboxylic acids is 2. The highest BCUT2D eigenvalue weighted by atomic mass is 32.2. The zero-order chi connectivity index (χ0) is 25.9.